The van der Waals surface area contributed by atoms with Gasteiger partial charge in [0.2, 0.25) is 11.7 Å². The van der Waals surface area contributed by atoms with Crippen LogP contribution in [0.3, 0.4) is 0 Å². The van der Waals surface area contributed by atoms with Crippen molar-refractivity contribution in [1.29, 1.82) is 5.41 Å². The average Bonchev–Trinajstić information content (AvgIpc) is 3.44. The molecule has 5 heterocycles. The number of nitrogen functional groups attached to an aromatic ring is 1. The quantitative estimate of drug-likeness (QED) is 0.280. The molecule has 2 saturated heterocycles. The number of ketones is 1. The number of aromatic nitrogens is 4. The van der Waals surface area contributed by atoms with Crippen molar-refractivity contribution in [2.24, 2.45) is 0 Å². The maximum Gasteiger partial charge on any atom is 0.248 e. The molecule has 192 valence electrons. The summed E-state index contributed by atoms with van der Waals surface area (Å²) in [5.41, 5.74) is 10.5. The first-order chi connectivity index (χ1) is 17.8. The van der Waals surface area contributed by atoms with Crippen LogP contribution in [-0.4, -0.2) is 66.2 Å². The van der Waals surface area contributed by atoms with Gasteiger partial charge in [0.05, 0.1) is 17.5 Å². The number of nitrogens with two attached hydrogens (primary N) is 2. The number of hydrogen-bond donors (Lipinski definition) is 4. The number of carbonyl (C=O) groups excluding carboxylic acids is 2. The molecular weight excluding hydrogens is 472 g/mol. The topological polar surface area (TPSA) is 167 Å². The molecule has 3 aromatic rings. The smallest absolute Gasteiger partial charge is 0.248 e. The second kappa shape index (κ2) is 9.83. The summed E-state index contributed by atoms with van der Waals surface area (Å²) in [4.78, 5) is 36.3. The summed E-state index contributed by atoms with van der Waals surface area (Å²) in [6.45, 7) is 2.84. The van der Waals surface area contributed by atoms with Gasteiger partial charge in [0.25, 0.3) is 0 Å². The van der Waals surface area contributed by atoms with Crippen molar-refractivity contribution in [1.82, 2.24) is 24.5 Å². The van der Waals surface area contributed by atoms with Crippen LogP contribution in [0.25, 0.3) is 16.8 Å². The van der Waals surface area contributed by atoms with E-state index in [9.17, 15) is 14.7 Å². The number of Topliss-reactive ketones (excluding diaryl/α,β-unsaturated/α-hetero) is 1. The van der Waals surface area contributed by atoms with Gasteiger partial charge < -0.3 is 21.1 Å². The molecule has 1 unspecified atom stereocenters. The van der Waals surface area contributed by atoms with Crippen LogP contribution in [0.1, 0.15) is 61.5 Å². The highest BCUT2D eigenvalue weighted by atomic mass is 16.3. The van der Waals surface area contributed by atoms with E-state index in [0.717, 1.165) is 35.4 Å². The zero-order valence-electron chi connectivity index (χ0n) is 20.9. The monoisotopic (exact) mass is 503 g/mol. The lowest BCUT2D eigenvalue weighted by Gasteiger charge is -2.39. The van der Waals surface area contributed by atoms with E-state index in [2.05, 4.69) is 10.1 Å². The van der Waals surface area contributed by atoms with Crippen LogP contribution in [-0.2, 0) is 4.79 Å². The van der Waals surface area contributed by atoms with Gasteiger partial charge in [-0.2, -0.15) is 9.61 Å². The van der Waals surface area contributed by atoms with Crippen molar-refractivity contribution in [2.75, 3.05) is 12.3 Å². The largest absolute Gasteiger partial charge is 0.387 e. The number of rotatable bonds is 7. The van der Waals surface area contributed by atoms with Crippen LogP contribution in [0.2, 0.25) is 0 Å². The third kappa shape index (κ3) is 4.40. The Kier molecular flexibility index (Phi) is 6.57. The normalized spacial score (nSPS) is 21.4. The first-order valence-electron chi connectivity index (χ1n) is 12.4. The predicted octanol–water partition coefficient (Wildman–Crippen LogP) is 1.55. The maximum atomic E-state index is 12.7. The molecule has 2 bridgehead atoms. The highest BCUT2D eigenvalue weighted by Gasteiger charge is 2.44. The van der Waals surface area contributed by atoms with Gasteiger partial charge in [0.1, 0.15) is 18.6 Å². The summed E-state index contributed by atoms with van der Waals surface area (Å²) >= 11 is 0. The highest BCUT2D eigenvalue weighted by molar-refractivity contribution is 6.00. The number of nitrogens with zero attached hydrogens (tertiary/aromatic N) is 5. The Hall–Kier alpha value is -3.96. The van der Waals surface area contributed by atoms with Gasteiger partial charge >= 0.3 is 0 Å². The third-order valence-electron chi connectivity index (χ3n) is 7.45. The van der Waals surface area contributed by atoms with Crippen LogP contribution >= 0.6 is 0 Å². The number of anilines is 1. The van der Waals surface area contributed by atoms with E-state index in [0.29, 0.717) is 29.7 Å². The molecule has 3 aromatic heterocycles. The predicted molar refractivity (Wildman–Crippen MR) is 137 cm³/mol. The van der Waals surface area contributed by atoms with Gasteiger partial charge in [-0.1, -0.05) is 0 Å². The van der Waals surface area contributed by atoms with Crippen LogP contribution in [0.5, 0.6) is 0 Å². The Morgan fingerprint density at radius 1 is 1.22 bits per heavy atom. The zero-order chi connectivity index (χ0) is 26.3. The number of carbonyl (C=O) groups is 2. The van der Waals surface area contributed by atoms with E-state index in [1.54, 1.807) is 12.4 Å². The number of fused-ring (bicyclic) bond motifs is 3. The molecule has 6 N–H and O–H groups in total. The van der Waals surface area contributed by atoms with Crippen molar-refractivity contribution in [2.45, 2.75) is 57.5 Å². The van der Waals surface area contributed by atoms with Crippen molar-refractivity contribution in [3.8, 4) is 11.1 Å². The molecule has 0 aromatic carbocycles. The number of amides is 1. The number of allylic oxidation sites excluding steroid dienone is 1. The van der Waals surface area contributed by atoms with E-state index in [1.807, 2.05) is 35.5 Å². The fourth-order valence-electron chi connectivity index (χ4n) is 5.71. The minimum atomic E-state index is -0.490. The molecule has 0 radical (unpaired) electrons. The van der Waals surface area contributed by atoms with Crippen LogP contribution in [0, 0.1) is 5.41 Å². The molecule has 1 amide bonds. The standard InChI is InChI=1S/C26H30N8O3/c1-14(9-27)10-29-21-6-3-16(11-30-21)20-12-31-34-25(28)23(15(2)36)24(32-26(20)34)17-7-18-4-5-19(8-17)33(18)22(37)13-35/h3,6,9-12,17-19,27,35H,4-5,7-8,13,28H2,1-2H3,(H,29,30)/p+1/b14-10-,27-9?/t17?,18-,19+. The average molecular weight is 504 g/mol. The van der Waals surface area contributed by atoms with E-state index >= 15 is 0 Å². The lowest BCUT2D eigenvalue weighted by atomic mass is 9.85. The molecule has 2 aliphatic heterocycles. The number of pyridine rings is 1. The highest BCUT2D eigenvalue weighted by Crippen LogP contribution is 2.44. The summed E-state index contributed by atoms with van der Waals surface area (Å²) in [5.74, 6) is 0.566. The summed E-state index contributed by atoms with van der Waals surface area (Å²) in [6, 6.07) is 3.85. The van der Waals surface area contributed by atoms with Crippen molar-refractivity contribution in [3.05, 3.63) is 47.6 Å². The van der Waals surface area contributed by atoms with E-state index in [4.69, 9.17) is 16.1 Å². The molecule has 5 rings (SSSR count). The second-order valence-corrected chi connectivity index (χ2v) is 9.81. The molecule has 11 nitrogen and oxygen atoms in total. The number of quaternary nitrogens is 1. The Morgan fingerprint density at radius 2 is 1.95 bits per heavy atom. The van der Waals surface area contributed by atoms with Gasteiger partial charge in [-0.15, -0.1) is 0 Å². The summed E-state index contributed by atoms with van der Waals surface area (Å²) in [6.07, 6.45) is 9.63. The first-order valence-corrected chi connectivity index (χ1v) is 12.4. The van der Waals surface area contributed by atoms with E-state index in [-0.39, 0.29) is 35.5 Å². The molecule has 3 atom stereocenters. The number of aliphatic hydroxyl groups is 1. The van der Waals surface area contributed by atoms with Crippen molar-refractivity contribution >= 4 is 35.2 Å². The molecule has 0 spiro atoms. The molecule has 2 fully saturated rings. The molecule has 0 saturated carbocycles. The number of hydrogen-bond acceptors (Lipinski definition) is 8. The summed E-state index contributed by atoms with van der Waals surface area (Å²) < 4.78 is 1.50. The van der Waals surface area contributed by atoms with E-state index in [1.165, 1.54) is 17.7 Å². The van der Waals surface area contributed by atoms with Gasteiger partial charge in [-0.3, -0.25) is 14.9 Å². The van der Waals surface area contributed by atoms with Crippen molar-refractivity contribution in [3.63, 3.8) is 0 Å². The second-order valence-electron chi connectivity index (χ2n) is 9.81. The van der Waals surface area contributed by atoms with Crippen LogP contribution < -0.4 is 11.1 Å². The lowest BCUT2D eigenvalue weighted by Crippen LogP contribution is -2.71. The first kappa shape index (κ1) is 24.7. The lowest BCUT2D eigenvalue weighted by molar-refractivity contribution is -0.501. The van der Waals surface area contributed by atoms with Gasteiger partial charge in [-0.05, 0) is 45.6 Å². The molecule has 2 aliphatic rings. The Labute approximate surface area is 213 Å². The third-order valence-corrected chi connectivity index (χ3v) is 7.45. The molecule has 11 heteroatoms. The summed E-state index contributed by atoms with van der Waals surface area (Å²) in [5, 5.41) is 23.0. The van der Waals surface area contributed by atoms with E-state index < -0.39 is 6.61 Å². The van der Waals surface area contributed by atoms with Gasteiger partial charge in [0.15, 0.2) is 11.4 Å². The minimum absolute atomic E-state index is 0.0187. The Bertz CT molecular complexity index is 1400. The van der Waals surface area contributed by atoms with Gasteiger partial charge in [0, 0.05) is 53.2 Å². The molecule has 0 aliphatic carbocycles. The Morgan fingerprint density at radius 3 is 2.54 bits per heavy atom. The number of piperidine rings is 1. The molecular formula is C26H31N8O3+. The number of aliphatic hydroxyl groups excluding tert-OH is 1. The minimum Gasteiger partial charge on any atom is -0.387 e. The fraction of sp³-hybridized carbons (Fsp3) is 0.385. The number of nitrogens with one attached hydrogen (secondary N) is 1. The zero-order valence-corrected chi connectivity index (χ0v) is 20.9. The Balaban J connectivity index is 1.53. The fourth-order valence-corrected chi connectivity index (χ4v) is 5.71. The van der Waals surface area contributed by atoms with Crippen LogP contribution in [0.4, 0.5) is 11.6 Å². The van der Waals surface area contributed by atoms with Crippen LogP contribution in [0.15, 0.2) is 36.3 Å². The van der Waals surface area contributed by atoms with Gasteiger partial charge in [-0.25, -0.2) is 9.97 Å². The van der Waals surface area contributed by atoms with Crippen molar-refractivity contribution < 1.29 is 20.0 Å². The maximum absolute atomic E-state index is 12.7. The summed E-state index contributed by atoms with van der Waals surface area (Å²) in [7, 11) is 0. The SMILES string of the molecule is CC(=O)c1c(C2C[C@H]3CC[C@@H](C2)N3C(=O)CO)nc2c(-c3ccc([NH2+]/C=C(/C)C=N)nc3)cnn2c1N. The molecule has 37 heavy (non-hydrogen) atoms.